The van der Waals surface area contributed by atoms with Gasteiger partial charge in [0, 0.05) is 17.7 Å². The molecule has 1 amide bonds. The summed E-state index contributed by atoms with van der Waals surface area (Å²) < 4.78 is 4.98. The van der Waals surface area contributed by atoms with E-state index < -0.39 is 35.7 Å². The summed E-state index contributed by atoms with van der Waals surface area (Å²) >= 11 is 0. The molecule has 9 nitrogen and oxygen atoms in total. The third kappa shape index (κ3) is 5.51. The molecule has 2 atom stereocenters. The second kappa shape index (κ2) is 9.27. The van der Waals surface area contributed by atoms with Gasteiger partial charge in [0.25, 0.3) is 0 Å². The maximum Gasteiger partial charge on any atom is 0.343 e. The first-order valence-electron chi connectivity index (χ1n) is 7.94. The average Bonchev–Trinajstić information content (AvgIpc) is 2.57. The number of para-hydroxylation sites is 1. The van der Waals surface area contributed by atoms with E-state index in [1.54, 1.807) is 18.2 Å². The third-order valence-electron chi connectivity index (χ3n) is 3.82. The summed E-state index contributed by atoms with van der Waals surface area (Å²) in [5.74, 6) is -2.83. The fourth-order valence-electron chi connectivity index (χ4n) is 2.15. The van der Waals surface area contributed by atoms with E-state index in [1.165, 1.54) is 6.07 Å². The van der Waals surface area contributed by atoms with Crippen molar-refractivity contribution in [2.75, 3.05) is 5.32 Å². The van der Waals surface area contributed by atoms with Crippen molar-refractivity contribution in [2.45, 2.75) is 51.1 Å². The van der Waals surface area contributed by atoms with Crippen molar-refractivity contribution in [2.24, 2.45) is 0 Å². The smallest absolute Gasteiger partial charge is 0.343 e. The van der Waals surface area contributed by atoms with E-state index in [0.717, 1.165) is 13.8 Å². The lowest BCUT2D eigenvalue weighted by atomic mass is 9.92. The van der Waals surface area contributed by atoms with Crippen molar-refractivity contribution >= 4 is 23.5 Å². The van der Waals surface area contributed by atoms with Gasteiger partial charge in [-0.2, -0.15) is 0 Å². The number of hydrogen-bond donors (Lipinski definition) is 5. The predicted octanol–water partition coefficient (Wildman–Crippen LogP) is 0.0258. The van der Waals surface area contributed by atoms with Crippen LogP contribution < -0.4 is 5.32 Å². The van der Waals surface area contributed by atoms with Gasteiger partial charge in [0.1, 0.15) is 6.61 Å². The van der Waals surface area contributed by atoms with Crippen LogP contribution in [-0.4, -0.2) is 56.1 Å². The molecule has 1 aromatic rings. The number of aliphatic hydroxyl groups is 3. The van der Waals surface area contributed by atoms with Crippen LogP contribution in [0.3, 0.4) is 0 Å². The molecule has 0 radical (unpaired) electrons. The molecule has 2 unspecified atom stereocenters. The Morgan fingerprint density at radius 1 is 1.12 bits per heavy atom. The Morgan fingerprint density at radius 3 is 2.23 bits per heavy atom. The molecule has 0 aromatic heterocycles. The number of aliphatic hydroxyl groups excluding tert-OH is 2. The topological polar surface area (TPSA) is 153 Å². The number of rotatable bonds is 9. The molecule has 1 aromatic carbocycles. The van der Waals surface area contributed by atoms with Crippen molar-refractivity contribution in [1.82, 2.24) is 0 Å². The first-order valence-corrected chi connectivity index (χ1v) is 7.94. The minimum Gasteiger partial charge on any atom is -0.481 e. The Morgan fingerprint density at radius 2 is 1.69 bits per heavy atom. The molecule has 0 aliphatic carbocycles. The standard InChI is InChI=1S/C17H23NO8/c1-10(19)17(25,11(2)20)16(24)26-9-12-5-3-4-6-13(12)18-14(21)7-8-15(22)23/h3-6,10-11,19-20,25H,7-9H2,1-2H3,(H,18,21)(H,22,23). The zero-order valence-corrected chi connectivity index (χ0v) is 14.5. The highest BCUT2D eigenvalue weighted by Gasteiger charge is 2.47. The second-order valence-electron chi connectivity index (χ2n) is 5.85. The third-order valence-corrected chi connectivity index (χ3v) is 3.82. The average molecular weight is 369 g/mol. The molecule has 26 heavy (non-hydrogen) atoms. The summed E-state index contributed by atoms with van der Waals surface area (Å²) in [6.45, 7) is 1.95. The van der Waals surface area contributed by atoms with Crippen LogP contribution in [0, 0.1) is 0 Å². The number of anilines is 1. The summed E-state index contributed by atoms with van der Waals surface area (Å²) in [5.41, 5.74) is -1.78. The van der Waals surface area contributed by atoms with E-state index in [4.69, 9.17) is 9.84 Å². The van der Waals surface area contributed by atoms with E-state index in [0.29, 0.717) is 11.3 Å². The van der Waals surface area contributed by atoms with Crippen molar-refractivity contribution in [3.8, 4) is 0 Å². The van der Waals surface area contributed by atoms with Crippen LogP contribution in [0.15, 0.2) is 24.3 Å². The number of nitrogens with one attached hydrogen (secondary N) is 1. The molecule has 0 bridgehead atoms. The molecule has 0 aliphatic rings. The van der Waals surface area contributed by atoms with Gasteiger partial charge in [-0.05, 0) is 19.9 Å². The molecular weight excluding hydrogens is 346 g/mol. The summed E-state index contributed by atoms with van der Waals surface area (Å²) in [4.78, 5) is 34.3. The maximum atomic E-state index is 12.1. The van der Waals surface area contributed by atoms with E-state index >= 15 is 0 Å². The monoisotopic (exact) mass is 369 g/mol. The number of carboxylic acids is 1. The molecule has 0 saturated heterocycles. The van der Waals surface area contributed by atoms with Crippen molar-refractivity contribution in [1.29, 1.82) is 0 Å². The normalized spacial score (nSPS) is 15.4. The highest BCUT2D eigenvalue weighted by molar-refractivity contribution is 5.93. The number of carbonyl (C=O) groups is 3. The first-order chi connectivity index (χ1) is 12.1. The van der Waals surface area contributed by atoms with Gasteiger partial charge >= 0.3 is 11.9 Å². The molecule has 9 heteroatoms. The molecule has 0 fully saturated rings. The van der Waals surface area contributed by atoms with Crippen molar-refractivity contribution < 1.29 is 39.5 Å². The van der Waals surface area contributed by atoms with E-state index in [9.17, 15) is 29.7 Å². The van der Waals surface area contributed by atoms with Crippen LogP contribution in [0.25, 0.3) is 0 Å². The SMILES string of the molecule is CC(O)C(O)(C(=O)OCc1ccccc1NC(=O)CCC(=O)O)C(C)O. The van der Waals surface area contributed by atoms with Gasteiger partial charge in [-0.15, -0.1) is 0 Å². The fourth-order valence-corrected chi connectivity index (χ4v) is 2.15. The summed E-state index contributed by atoms with van der Waals surface area (Å²) in [6, 6.07) is 6.35. The summed E-state index contributed by atoms with van der Waals surface area (Å²) in [5, 5.41) is 40.4. The highest BCUT2D eigenvalue weighted by Crippen LogP contribution is 2.21. The largest absolute Gasteiger partial charge is 0.481 e. The number of aliphatic carboxylic acids is 1. The van der Waals surface area contributed by atoms with E-state index in [1.807, 2.05) is 0 Å². The minimum atomic E-state index is -2.49. The Kier molecular flexibility index (Phi) is 7.69. The Labute approximate surface area is 150 Å². The summed E-state index contributed by atoms with van der Waals surface area (Å²) in [6.07, 6.45) is -3.67. The van der Waals surface area contributed by atoms with Crippen LogP contribution in [0.1, 0.15) is 32.3 Å². The highest BCUT2D eigenvalue weighted by atomic mass is 16.6. The minimum absolute atomic E-state index is 0.215. The van der Waals surface area contributed by atoms with Gasteiger partial charge < -0.3 is 30.5 Å². The lowest BCUT2D eigenvalue weighted by molar-refractivity contribution is -0.194. The molecule has 0 heterocycles. The van der Waals surface area contributed by atoms with Crippen molar-refractivity contribution in [3.05, 3.63) is 29.8 Å². The van der Waals surface area contributed by atoms with E-state index in [-0.39, 0.29) is 19.4 Å². The number of esters is 1. The Hall–Kier alpha value is -2.49. The van der Waals surface area contributed by atoms with Crippen LogP contribution in [0.4, 0.5) is 5.69 Å². The van der Waals surface area contributed by atoms with Crippen LogP contribution >= 0.6 is 0 Å². The van der Waals surface area contributed by atoms with Gasteiger partial charge in [0.15, 0.2) is 0 Å². The molecule has 144 valence electrons. The van der Waals surface area contributed by atoms with Crippen LogP contribution in [0.2, 0.25) is 0 Å². The number of carbonyl (C=O) groups excluding carboxylic acids is 2. The van der Waals surface area contributed by atoms with E-state index in [2.05, 4.69) is 5.32 Å². The number of hydrogen-bond acceptors (Lipinski definition) is 7. The quantitative estimate of drug-likeness (QED) is 0.382. The van der Waals surface area contributed by atoms with Crippen LogP contribution in [0.5, 0.6) is 0 Å². The lowest BCUT2D eigenvalue weighted by Gasteiger charge is -2.31. The Balaban J connectivity index is 2.81. The molecule has 5 N–H and O–H groups in total. The first kappa shape index (κ1) is 21.6. The fraction of sp³-hybridized carbons (Fsp3) is 0.471. The predicted molar refractivity (Wildman–Crippen MR) is 90.0 cm³/mol. The van der Waals surface area contributed by atoms with Gasteiger partial charge in [-0.1, -0.05) is 18.2 Å². The number of benzene rings is 1. The number of amides is 1. The molecular formula is C17H23NO8. The van der Waals surface area contributed by atoms with Gasteiger partial charge in [-0.3, -0.25) is 9.59 Å². The molecule has 0 aliphatic heterocycles. The molecule has 0 spiro atoms. The van der Waals surface area contributed by atoms with Crippen LogP contribution in [-0.2, 0) is 25.7 Å². The van der Waals surface area contributed by atoms with Crippen molar-refractivity contribution in [3.63, 3.8) is 0 Å². The maximum absolute atomic E-state index is 12.1. The lowest BCUT2D eigenvalue weighted by Crippen LogP contribution is -2.56. The zero-order chi connectivity index (χ0) is 19.9. The Bertz CT molecular complexity index is 648. The van der Waals surface area contributed by atoms with Gasteiger partial charge in [0.05, 0.1) is 18.6 Å². The number of carboxylic acid groups (broad SMARTS) is 1. The van der Waals surface area contributed by atoms with Gasteiger partial charge in [-0.25, -0.2) is 4.79 Å². The number of ether oxygens (including phenoxy) is 1. The van der Waals surface area contributed by atoms with Gasteiger partial charge in [0.2, 0.25) is 11.5 Å². The summed E-state index contributed by atoms with van der Waals surface area (Å²) in [7, 11) is 0. The molecule has 0 saturated carbocycles. The second-order valence-corrected chi connectivity index (χ2v) is 5.85. The zero-order valence-electron chi connectivity index (χ0n) is 14.5. The molecule has 1 rings (SSSR count).